The average molecular weight is 401 g/mol. The number of alkyl halides is 2. The van der Waals surface area contributed by atoms with Gasteiger partial charge in [-0.3, -0.25) is 4.79 Å². The topological polar surface area (TPSA) is 38.8 Å². The highest BCUT2D eigenvalue weighted by Crippen LogP contribution is 2.34. The van der Waals surface area contributed by atoms with Crippen LogP contribution in [0, 0.1) is 0 Å². The Hall–Kier alpha value is -2.63. The molecule has 2 aromatic carbocycles. The van der Waals surface area contributed by atoms with Crippen LogP contribution in [-0.2, 0) is 19.4 Å². The van der Waals surface area contributed by atoms with Gasteiger partial charge >= 0.3 is 6.61 Å². The molecule has 0 heterocycles. The molecule has 2 aromatic rings. The second kappa shape index (κ2) is 8.39. The molecule has 1 saturated carbocycles. The minimum absolute atomic E-state index is 0.00904. The van der Waals surface area contributed by atoms with E-state index in [4.69, 9.17) is 4.74 Å². The lowest BCUT2D eigenvalue weighted by molar-refractivity contribution is -0.0512. The highest BCUT2D eigenvalue weighted by atomic mass is 19.3. The van der Waals surface area contributed by atoms with E-state index in [0.29, 0.717) is 6.54 Å². The normalized spacial score (nSPS) is 15.7. The fourth-order valence-electron chi connectivity index (χ4n) is 3.99. The fourth-order valence-corrected chi connectivity index (χ4v) is 3.99. The van der Waals surface area contributed by atoms with E-state index >= 15 is 0 Å². The Labute approximate surface area is 169 Å². The summed E-state index contributed by atoms with van der Waals surface area (Å²) < 4.78 is 34.8. The number of nitrogens with zero attached hydrogens (tertiary/aromatic N) is 1. The molecule has 0 aliphatic heterocycles. The van der Waals surface area contributed by atoms with Crippen LogP contribution in [-0.4, -0.2) is 30.6 Å². The maximum absolute atomic E-state index is 13.3. The number of aryl methyl sites for hydroxylation is 2. The number of fused-ring (bicyclic) bond motifs is 1. The highest BCUT2D eigenvalue weighted by Gasteiger charge is 2.33. The third-order valence-electron chi connectivity index (χ3n) is 5.64. The van der Waals surface area contributed by atoms with Gasteiger partial charge in [-0.1, -0.05) is 12.1 Å². The van der Waals surface area contributed by atoms with Crippen LogP contribution < -0.4 is 9.47 Å². The summed E-state index contributed by atoms with van der Waals surface area (Å²) in [5, 5.41) is 0. The van der Waals surface area contributed by atoms with Gasteiger partial charge in [0.05, 0.1) is 7.11 Å². The van der Waals surface area contributed by atoms with E-state index in [2.05, 4.69) is 10.8 Å². The summed E-state index contributed by atoms with van der Waals surface area (Å²) in [5.74, 6) is 0.248. The molecule has 1 amide bonds. The smallest absolute Gasteiger partial charge is 0.387 e. The largest absolute Gasteiger partial charge is 0.493 e. The van der Waals surface area contributed by atoms with E-state index < -0.39 is 6.61 Å². The van der Waals surface area contributed by atoms with E-state index in [1.165, 1.54) is 37.1 Å². The first-order valence-corrected chi connectivity index (χ1v) is 10.1. The Morgan fingerprint density at radius 2 is 1.83 bits per heavy atom. The summed E-state index contributed by atoms with van der Waals surface area (Å²) in [6, 6.07) is 11.1. The third kappa shape index (κ3) is 4.52. The molecule has 0 N–H and O–H groups in total. The second-order valence-corrected chi connectivity index (χ2v) is 7.72. The molecule has 0 bridgehead atoms. The SMILES string of the molecule is COc1cc(CN(C(=O)c2ccc3c(c2)CCCC3)C2CC2)ccc1OC(F)F. The van der Waals surface area contributed by atoms with Crippen molar-refractivity contribution in [2.45, 2.75) is 57.7 Å². The van der Waals surface area contributed by atoms with Gasteiger partial charge in [0.1, 0.15) is 0 Å². The maximum atomic E-state index is 13.3. The molecule has 0 unspecified atom stereocenters. The molecule has 0 saturated heterocycles. The Morgan fingerprint density at radius 3 is 2.52 bits per heavy atom. The molecular weight excluding hydrogens is 376 g/mol. The fraction of sp³-hybridized carbons (Fsp3) is 0.435. The maximum Gasteiger partial charge on any atom is 0.387 e. The summed E-state index contributed by atoms with van der Waals surface area (Å²) in [6.07, 6.45) is 6.47. The quantitative estimate of drug-likeness (QED) is 0.657. The zero-order chi connectivity index (χ0) is 20.4. The van der Waals surface area contributed by atoms with E-state index in [1.807, 2.05) is 17.0 Å². The van der Waals surface area contributed by atoms with Crippen LogP contribution >= 0.6 is 0 Å². The lowest BCUT2D eigenvalue weighted by atomic mass is 9.90. The minimum atomic E-state index is -2.91. The minimum Gasteiger partial charge on any atom is -0.493 e. The first kappa shape index (κ1) is 19.7. The zero-order valence-electron chi connectivity index (χ0n) is 16.5. The molecule has 0 spiro atoms. The Kier molecular flexibility index (Phi) is 5.69. The van der Waals surface area contributed by atoms with Crippen LogP contribution in [0.15, 0.2) is 36.4 Å². The Balaban J connectivity index is 1.55. The first-order valence-electron chi connectivity index (χ1n) is 10.1. The van der Waals surface area contributed by atoms with Crippen LogP contribution in [0.1, 0.15) is 52.7 Å². The van der Waals surface area contributed by atoms with Gasteiger partial charge in [0, 0.05) is 18.2 Å². The van der Waals surface area contributed by atoms with E-state index in [1.54, 1.807) is 12.1 Å². The highest BCUT2D eigenvalue weighted by molar-refractivity contribution is 5.95. The van der Waals surface area contributed by atoms with Gasteiger partial charge in [0.25, 0.3) is 5.91 Å². The molecule has 4 rings (SSSR count). The lowest BCUT2D eigenvalue weighted by Gasteiger charge is -2.24. The molecule has 0 aromatic heterocycles. The van der Waals surface area contributed by atoms with Gasteiger partial charge in [0.2, 0.25) is 0 Å². The summed E-state index contributed by atoms with van der Waals surface area (Å²) in [6.45, 7) is -2.50. The van der Waals surface area contributed by atoms with Gasteiger partial charge < -0.3 is 14.4 Å². The van der Waals surface area contributed by atoms with Gasteiger partial charge in [-0.15, -0.1) is 0 Å². The van der Waals surface area contributed by atoms with Crippen LogP contribution in [0.25, 0.3) is 0 Å². The van der Waals surface area contributed by atoms with Crippen LogP contribution in [0.3, 0.4) is 0 Å². The van der Waals surface area contributed by atoms with Crippen molar-refractivity contribution in [3.8, 4) is 11.5 Å². The van der Waals surface area contributed by atoms with Crippen molar-refractivity contribution in [3.05, 3.63) is 58.7 Å². The van der Waals surface area contributed by atoms with Crippen molar-refractivity contribution in [2.75, 3.05) is 7.11 Å². The van der Waals surface area contributed by atoms with Crippen molar-refractivity contribution in [1.29, 1.82) is 0 Å². The number of ether oxygens (including phenoxy) is 2. The number of carbonyl (C=O) groups is 1. The summed E-state index contributed by atoms with van der Waals surface area (Å²) >= 11 is 0. The van der Waals surface area contributed by atoms with Crippen molar-refractivity contribution >= 4 is 5.91 Å². The molecular formula is C23H25F2NO3. The van der Waals surface area contributed by atoms with Gasteiger partial charge in [0.15, 0.2) is 11.5 Å². The lowest BCUT2D eigenvalue weighted by Crippen LogP contribution is -2.32. The van der Waals surface area contributed by atoms with Crippen molar-refractivity contribution in [3.63, 3.8) is 0 Å². The number of hydrogen-bond acceptors (Lipinski definition) is 3. The molecule has 1 fully saturated rings. The molecule has 0 radical (unpaired) electrons. The van der Waals surface area contributed by atoms with Crippen LogP contribution in [0.2, 0.25) is 0 Å². The predicted octanol–water partition coefficient (Wildman–Crippen LogP) is 4.98. The predicted molar refractivity (Wildman–Crippen MR) is 106 cm³/mol. The van der Waals surface area contributed by atoms with Gasteiger partial charge in [-0.25, -0.2) is 0 Å². The molecule has 2 aliphatic carbocycles. The second-order valence-electron chi connectivity index (χ2n) is 7.72. The molecule has 6 heteroatoms. The standard InChI is InChI=1S/C23H25F2NO3/c1-28-21-12-15(6-11-20(21)29-23(24)25)14-26(19-9-10-19)22(27)18-8-7-16-4-2-3-5-17(16)13-18/h6-8,11-13,19,23H,2-5,9-10,14H2,1H3. The van der Waals surface area contributed by atoms with Crippen LogP contribution in [0.4, 0.5) is 8.78 Å². The summed E-state index contributed by atoms with van der Waals surface area (Å²) in [5.41, 5.74) is 4.18. The molecule has 2 aliphatic rings. The number of benzene rings is 2. The summed E-state index contributed by atoms with van der Waals surface area (Å²) in [7, 11) is 1.41. The monoisotopic (exact) mass is 401 g/mol. The van der Waals surface area contributed by atoms with Gasteiger partial charge in [-0.05, 0) is 79.5 Å². The molecule has 4 nitrogen and oxygen atoms in total. The van der Waals surface area contributed by atoms with Gasteiger partial charge in [-0.2, -0.15) is 8.78 Å². The Bertz CT molecular complexity index is 896. The Morgan fingerprint density at radius 1 is 1.07 bits per heavy atom. The third-order valence-corrected chi connectivity index (χ3v) is 5.64. The summed E-state index contributed by atoms with van der Waals surface area (Å²) in [4.78, 5) is 15.1. The zero-order valence-corrected chi connectivity index (χ0v) is 16.5. The van der Waals surface area contributed by atoms with E-state index in [-0.39, 0.29) is 23.4 Å². The molecule has 154 valence electrons. The average Bonchev–Trinajstić information content (AvgIpc) is 3.57. The van der Waals surface area contributed by atoms with Crippen molar-refractivity contribution < 1.29 is 23.0 Å². The van der Waals surface area contributed by atoms with E-state index in [0.717, 1.165) is 36.8 Å². The molecule has 29 heavy (non-hydrogen) atoms. The number of carbonyl (C=O) groups excluding carboxylic acids is 1. The first-order chi connectivity index (χ1) is 14.0. The van der Waals surface area contributed by atoms with Crippen molar-refractivity contribution in [2.24, 2.45) is 0 Å². The van der Waals surface area contributed by atoms with Crippen LogP contribution in [0.5, 0.6) is 11.5 Å². The van der Waals surface area contributed by atoms with E-state index in [9.17, 15) is 13.6 Å². The number of hydrogen-bond donors (Lipinski definition) is 0. The number of halogens is 2. The number of rotatable bonds is 7. The number of amides is 1. The van der Waals surface area contributed by atoms with Crippen molar-refractivity contribution in [1.82, 2.24) is 4.90 Å². The molecule has 0 atom stereocenters. The number of methoxy groups -OCH3 is 1.